The first-order valence-corrected chi connectivity index (χ1v) is 7.68. The van der Waals surface area contributed by atoms with Gasteiger partial charge in [0.15, 0.2) is 0 Å². The van der Waals surface area contributed by atoms with Gasteiger partial charge in [-0.1, -0.05) is 28.9 Å². The van der Waals surface area contributed by atoms with E-state index in [-0.39, 0.29) is 11.3 Å². The third kappa shape index (κ3) is 3.96. The normalized spacial score (nSPS) is 22.1. The van der Waals surface area contributed by atoms with Crippen LogP contribution < -0.4 is 10.5 Å². The Morgan fingerprint density at radius 2 is 2.35 bits per heavy atom. The SMILES string of the molecule is CC1(CN)CCN(C(=O)CCOc2cccc(Br)c2)C1. The van der Waals surface area contributed by atoms with Crippen LogP contribution in [-0.2, 0) is 4.79 Å². The predicted octanol–water partition coefficient (Wildman–Crippen LogP) is 2.42. The summed E-state index contributed by atoms with van der Waals surface area (Å²) >= 11 is 3.39. The van der Waals surface area contributed by atoms with Crippen LogP contribution in [0.25, 0.3) is 0 Å². The largest absolute Gasteiger partial charge is 0.493 e. The van der Waals surface area contributed by atoms with Crippen molar-refractivity contribution >= 4 is 21.8 Å². The van der Waals surface area contributed by atoms with Crippen LogP contribution in [0, 0.1) is 5.41 Å². The summed E-state index contributed by atoms with van der Waals surface area (Å²) in [5, 5.41) is 0. The molecule has 1 saturated heterocycles. The molecule has 2 rings (SSSR count). The van der Waals surface area contributed by atoms with Crippen molar-refractivity contribution < 1.29 is 9.53 Å². The summed E-state index contributed by atoms with van der Waals surface area (Å²) in [5.41, 5.74) is 5.84. The first-order valence-electron chi connectivity index (χ1n) is 6.89. The number of halogens is 1. The molecule has 1 aliphatic rings. The summed E-state index contributed by atoms with van der Waals surface area (Å²) in [5.74, 6) is 0.928. The summed E-state index contributed by atoms with van der Waals surface area (Å²) < 4.78 is 6.57. The Balaban J connectivity index is 1.76. The fraction of sp³-hybridized carbons (Fsp3) is 0.533. The van der Waals surface area contributed by atoms with Crippen LogP contribution in [0.4, 0.5) is 0 Å². The van der Waals surface area contributed by atoms with Crippen molar-refractivity contribution in [3.8, 4) is 5.75 Å². The molecule has 1 heterocycles. The summed E-state index contributed by atoms with van der Waals surface area (Å²) in [6, 6.07) is 7.63. The number of hydrogen-bond donors (Lipinski definition) is 1. The highest BCUT2D eigenvalue weighted by Crippen LogP contribution is 2.28. The number of ether oxygens (including phenoxy) is 1. The monoisotopic (exact) mass is 340 g/mol. The molecule has 1 aromatic carbocycles. The number of nitrogens with two attached hydrogens (primary N) is 1. The number of benzene rings is 1. The van der Waals surface area contributed by atoms with E-state index in [2.05, 4.69) is 22.9 Å². The molecule has 1 fully saturated rings. The van der Waals surface area contributed by atoms with E-state index in [0.717, 1.165) is 29.7 Å². The molecule has 1 unspecified atom stereocenters. The quantitative estimate of drug-likeness (QED) is 0.895. The molecular formula is C15H21BrN2O2. The molecule has 4 nitrogen and oxygen atoms in total. The Morgan fingerprint density at radius 3 is 3.00 bits per heavy atom. The van der Waals surface area contributed by atoms with E-state index in [0.29, 0.717) is 19.6 Å². The Kier molecular flexibility index (Phi) is 5.05. The lowest BCUT2D eigenvalue weighted by molar-refractivity contribution is -0.131. The highest BCUT2D eigenvalue weighted by Gasteiger charge is 2.34. The van der Waals surface area contributed by atoms with Gasteiger partial charge >= 0.3 is 0 Å². The van der Waals surface area contributed by atoms with Crippen LogP contribution >= 0.6 is 15.9 Å². The zero-order valence-corrected chi connectivity index (χ0v) is 13.4. The zero-order valence-electron chi connectivity index (χ0n) is 11.8. The first kappa shape index (κ1) is 15.3. The number of carbonyl (C=O) groups excluding carboxylic acids is 1. The van der Waals surface area contributed by atoms with E-state index >= 15 is 0 Å². The van der Waals surface area contributed by atoms with Crippen LogP contribution in [0.5, 0.6) is 5.75 Å². The maximum absolute atomic E-state index is 12.1. The average Bonchev–Trinajstić information content (AvgIpc) is 2.82. The first-order chi connectivity index (χ1) is 9.52. The molecule has 0 saturated carbocycles. The Bertz CT molecular complexity index is 481. The van der Waals surface area contributed by atoms with Gasteiger partial charge in [-0.15, -0.1) is 0 Å². The molecule has 20 heavy (non-hydrogen) atoms. The maximum atomic E-state index is 12.1. The average molecular weight is 341 g/mol. The minimum atomic E-state index is 0.0841. The second kappa shape index (κ2) is 6.59. The molecule has 2 N–H and O–H groups in total. The van der Waals surface area contributed by atoms with Crippen LogP contribution in [0.2, 0.25) is 0 Å². The standard InChI is InChI=1S/C15H21BrN2O2/c1-15(10-17)6-7-18(11-15)14(19)5-8-20-13-4-2-3-12(16)9-13/h2-4,9H,5-8,10-11,17H2,1H3. The van der Waals surface area contributed by atoms with Crippen molar-refractivity contribution in [2.45, 2.75) is 19.8 Å². The topological polar surface area (TPSA) is 55.6 Å². The molecule has 0 spiro atoms. The summed E-state index contributed by atoms with van der Waals surface area (Å²) in [4.78, 5) is 14.0. The van der Waals surface area contributed by atoms with E-state index in [1.807, 2.05) is 29.2 Å². The Morgan fingerprint density at radius 1 is 1.55 bits per heavy atom. The van der Waals surface area contributed by atoms with E-state index in [4.69, 9.17) is 10.5 Å². The van der Waals surface area contributed by atoms with Gasteiger partial charge in [0.2, 0.25) is 5.91 Å². The lowest BCUT2D eigenvalue weighted by Gasteiger charge is -2.22. The number of hydrogen-bond acceptors (Lipinski definition) is 3. The third-order valence-corrected chi connectivity index (χ3v) is 4.28. The highest BCUT2D eigenvalue weighted by molar-refractivity contribution is 9.10. The molecule has 1 atom stereocenters. The second-order valence-corrected chi connectivity index (χ2v) is 6.55. The van der Waals surface area contributed by atoms with Crippen LogP contribution in [0.3, 0.4) is 0 Å². The van der Waals surface area contributed by atoms with Gasteiger partial charge < -0.3 is 15.4 Å². The Hall–Kier alpha value is -1.07. The van der Waals surface area contributed by atoms with Crippen molar-refractivity contribution in [1.29, 1.82) is 0 Å². The molecule has 1 amide bonds. The lowest BCUT2D eigenvalue weighted by atomic mass is 9.90. The van der Waals surface area contributed by atoms with Gasteiger partial charge in [-0.2, -0.15) is 0 Å². The lowest BCUT2D eigenvalue weighted by Crippen LogP contribution is -2.35. The van der Waals surface area contributed by atoms with Crippen molar-refractivity contribution in [3.05, 3.63) is 28.7 Å². The smallest absolute Gasteiger partial charge is 0.226 e. The van der Waals surface area contributed by atoms with Gasteiger partial charge in [0.1, 0.15) is 5.75 Å². The predicted molar refractivity (Wildman–Crippen MR) is 82.6 cm³/mol. The molecule has 1 aromatic rings. The molecule has 0 radical (unpaired) electrons. The number of amides is 1. The summed E-state index contributed by atoms with van der Waals surface area (Å²) in [6.07, 6.45) is 1.40. The van der Waals surface area contributed by atoms with Crippen molar-refractivity contribution in [1.82, 2.24) is 4.90 Å². The van der Waals surface area contributed by atoms with Crippen molar-refractivity contribution in [3.63, 3.8) is 0 Å². The van der Waals surface area contributed by atoms with Gasteiger partial charge in [0, 0.05) is 17.6 Å². The van der Waals surface area contributed by atoms with Gasteiger partial charge in [0.25, 0.3) is 0 Å². The van der Waals surface area contributed by atoms with Crippen molar-refractivity contribution in [2.24, 2.45) is 11.1 Å². The molecule has 0 aromatic heterocycles. The molecule has 110 valence electrons. The van der Waals surface area contributed by atoms with E-state index < -0.39 is 0 Å². The summed E-state index contributed by atoms with van der Waals surface area (Å²) in [7, 11) is 0. The van der Waals surface area contributed by atoms with Gasteiger partial charge in [-0.25, -0.2) is 0 Å². The Labute approximate surface area is 128 Å². The third-order valence-electron chi connectivity index (χ3n) is 3.78. The van der Waals surface area contributed by atoms with Crippen molar-refractivity contribution in [2.75, 3.05) is 26.2 Å². The molecule has 0 bridgehead atoms. The van der Waals surface area contributed by atoms with Gasteiger partial charge in [0.05, 0.1) is 13.0 Å². The maximum Gasteiger partial charge on any atom is 0.226 e. The van der Waals surface area contributed by atoms with Crippen LogP contribution in [-0.4, -0.2) is 37.0 Å². The van der Waals surface area contributed by atoms with E-state index in [1.165, 1.54) is 0 Å². The van der Waals surface area contributed by atoms with Crippen LogP contribution in [0.1, 0.15) is 19.8 Å². The molecular weight excluding hydrogens is 320 g/mol. The molecule has 5 heteroatoms. The minimum absolute atomic E-state index is 0.0841. The van der Waals surface area contributed by atoms with E-state index in [1.54, 1.807) is 0 Å². The summed E-state index contributed by atoms with van der Waals surface area (Å²) in [6.45, 7) is 4.75. The minimum Gasteiger partial charge on any atom is -0.493 e. The number of nitrogens with zero attached hydrogens (tertiary/aromatic N) is 1. The molecule has 0 aliphatic carbocycles. The fourth-order valence-electron chi connectivity index (χ4n) is 2.37. The number of rotatable bonds is 5. The highest BCUT2D eigenvalue weighted by atomic mass is 79.9. The van der Waals surface area contributed by atoms with Crippen LogP contribution in [0.15, 0.2) is 28.7 Å². The molecule has 1 aliphatic heterocycles. The van der Waals surface area contributed by atoms with E-state index in [9.17, 15) is 4.79 Å². The van der Waals surface area contributed by atoms with Gasteiger partial charge in [-0.05, 0) is 36.6 Å². The second-order valence-electron chi connectivity index (χ2n) is 5.64. The fourth-order valence-corrected chi connectivity index (χ4v) is 2.75. The zero-order chi connectivity index (χ0) is 14.6. The van der Waals surface area contributed by atoms with Gasteiger partial charge in [-0.3, -0.25) is 4.79 Å². The number of likely N-dealkylation sites (tertiary alicyclic amines) is 1. The number of carbonyl (C=O) groups is 1.